The number of halogens is 1. The number of aliphatic hydroxyl groups excluding tert-OH is 1. The minimum Gasteiger partial charge on any atom is -0.491 e. The second kappa shape index (κ2) is 9.40. The molecule has 0 aliphatic carbocycles. The summed E-state index contributed by atoms with van der Waals surface area (Å²) < 4.78 is 18.7. The first-order valence-electron chi connectivity index (χ1n) is 8.41. The molecule has 1 unspecified atom stereocenters. The number of rotatable bonds is 9. The molecule has 2 aromatic rings. The molecule has 3 nitrogen and oxygen atoms in total. The second-order valence-corrected chi connectivity index (χ2v) is 6.09. The molecule has 1 atom stereocenters. The van der Waals surface area contributed by atoms with E-state index in [9.17, 15) is 9.50 Å². The van der Waals surface area contributed by atoms with Crippen LogP contribution in [0, 0.1) is 12.7 Å². The number of aryl methyl sites for hydroxylation is 1. The maximum absolute atomic E-state index is 13.0. The Balaban J connectivity index is 1.87. The number of hydrogen-bond acceptors (Lipinski definition) is 3. The normalized spacial score (nSPS) is 12.4. The van der Waals surface area contributed by atoms with Crippen molar-refractivity contribution < 1.29 is 14.2 Å². The van der Waals surface area contributed by atoms with Crippen molar-refractivity contribution in [2.45, 2.75) is 32.9 Å². The standard InChI is InChI=1S/C20H26FNO2/c1-3-12-22(13-17-8-10-18(21)11-9-17)14-19(23)15-24-20-7-5-4-6-16(20)2/h4-11,19,23H,3,12-15H2,1-2H3. The highest BCUT2D eigenvalue weighted by molar-refractivity contribution is 5.31. The van der Waals surface area contributed by atoms with Gasteiger partial charge in [0.1, 0.15) is 24.3 Å². The molecule has 130 valence electrons. The van der Waals surface area contributed by atoms with Crippen molar-refractivity contribution in [1.82, 2.24) is 4.90 Å². The third-order valence-corrected chi connectivity index (χ3v) is 3.85. The van der Waals surface area contributed by atoms with Gasteiger partial charge in [-0.05, 0) is 49.2 Å². The summed E-state index contributed by atoms with van der Waals surface area (Å²) in [5.74, 6) is 0.574. The average Bonchev–Trinajstić information content (AvgIpc) is 2.56. The Kier molecular flexibility index (Phi) is 7.22. The van der Waals surface area contributed by atoms with E-state index >= 15 is 0 Å². The van der Waals surface area contributed by atoms with Gasteiger partial charge in [-0.3, -0.25) is 4.90 Å². The summed E-state index contributed by atoms with van der Waals surface area (Å²) in [7, 11) is 0. The van der Waals surface area contributed by atoms with Gasteiger partial charge < -0.3 is 9.84 Å². The zero-order valence-electron chi connectivity index (χ0n) is 14.4. The van der Waals surface area contributed by atoms with Crippen LogP contribution >= 0.6 is 0 Å². The molecule has 1 N–H and O–H groups in total. The van der Waals surface area contributed by atoms with Gasteiger partial charge in [-0.2, -0.15) is 0 Å². The molecule has 4 heteroatoms. The van der Waals surface area contributed by atoms with Gasteiger partial charge >= 0.3 is 0 Å². The van der Waals surface area contributed by atoms with Crippen molar-refractivity contribution in [2.75, 3.05) is 19.7 Å². The predicted molar refractivity (Wildman–Crippen MR) is 94.6 cm³/mol. The molecule has 2 rings (SSSR count). The number of nitrogens with zero attached hydrogens (tertiary/aromatic N) is 1. The number of hydrogen-bond donors (Lipinski definition) is 1. The number of ether oxygens (including phenoxy) is 1. The molecule has 0 bridgehead atoms. The Morgan fingerprint density at radius 3 is 2.50 bits per heavy atom. The maximum atomic E-state index is 13.0. The summed E-state index contributed by atoms with van der Waals surface area (Å²) in [5, 5.41) is 10.3. The summed E-state index contributed by atoms with van der Waals surface area (Å²) in [5.41, 5.74) is 2.10. The molecular formula is C20H26FNO2. The molecule has 0 spiro atoms. The third kappa shape index (κ3) is 5.95. The fourth-order valence-corrected chi connectivity index (χ4v) is 2.65. The zero-order valence-corrected chi connectivity index (χ0v) is 14.4. The van der Waals surface area contributed by atoms with E-state index in [2.05, 4.69) is 11.8 Å². The third-order valence-electron chi connectivity index (χ3n) is 3.85. The lowest BCUT2D eigenvalue weighted by Gasteiger charge is -2.25. The van der Waals surface area contributed by atoms with Crippen LogP contribution in [-0.2, 0) is 6.54 Å². The quantitative estimate of drug-likeness (QED) is 0.759. The summed E-state index contributed by atoms with van der Waals surface area (Å²) in [6.07, 6.45) is 0.420. The number of para-hydroxylation sites is 1. The van der Waals surface area contributed by atoms with Crippen molar-refractivity contribution in [3.05, 3.63) is 65.5 Å². The molecule has 0 saturated carbocycles. The van der Waals surface area contributed by atoms with Gasteiger partial charge in [0, 0.05) is 13.1 Å². The van der Waals surface area contributed by atoms with Crippen LogP contribution in [0.3, 0.4) is 0 Å². The lowest BCUT2D eigenvalue weighted by atomic mass is 10.2. The van der Waals surface area contributed by atoms with E-state index in [0.29, 0.717) is 13.1 Å². The largest absolute Gasteiger partial charge is 0.491 e. The highest BCUT2D eigenvalue weighted by Gasteiger charge is 2.13. The van der Waals surface area contributed by atoms with Gasteiger partial charge in [-0.25, -0.2) is 4.39 Å². The van der Waals surface area contributed by atoms with Crippen molar-refractivity contribution in [3.63, 3.8) is 0 Å². The van der Waals surface area contributed by atoms with Crippen LogP contribution < -0.4 is 4.74 Å². The second-order valence-electron chi connectivity index (χ2n) is 6.09. The fourth-order valence-electron chi connectivity index (χ4n) is 2.65. The van der Waals surface area contributed by atoms with E-state index in [1.54, 1.807) is 12.1 Å². The summed E-state index contributed by atoms with van der Waals surface area (Å²) in [6.45, 7) is 6.44. The van der Waals surface area contributed by atoms with Gasteiger partial charge in [-0.1, -0.05) is 37.3 Å². The maximum Gasteiger partial charge on any atom is 0.123 e. The lowest BCUT2D eigenvalue weighted by Crippen LogP contribution is -2.35. The first kappa shape index (κ1) is 18.4. The van der Waals surface area contributed by atoms with E-state index in [0.717, 1.165) is 29.8 Å². The topological polar surface area (TPSA) is 32.7 Å². The Morgan fingerprint density at radius 1 is 1.12 bits per heavy atom. The van der Waals surface area contributed by atoms with Crippen LogP contribution in [0.15, 0.2) is 48.5 Å². The SMILES string of the molecule is CCCN(Cc1ccc(F)cc1)CC(O)COc1ccccc1C. The average molecular weight is 331 g/mol. The molecule has 0 aliphatic heterocycles. The van der Waals surface area contributed by atoms with Gasteiger partial charge in [-0.15, -0.1) is 0 Å². The number of aliphatic hydroxyl groups is 1. The Morgan fingerprint density at radius 2 is 1.83 bits per heavy atom. The minimum absolute atomic E-state index is 0.229. The van der Waals surface area contributed by atoms with Gasteiger partial charge in [0.2, 0.25) is 0 Å². The van der Waals surface area contributed by atoms with Gasteiger partial charge in [0.05, 0.1) is 0 Å². The molecule has 2 aromatic carbocycles. The van der Waals surface area contributed by atoms with Crippen LogP contribution in [0.2, 0.25) is 0 Å². The molecule has 24 heavy (non-hydrogen) atoms. The Labute approximate surface area is 143 Å². The van der Waals surface area contributed by atoms with E-state index in [1.165, 1.54) is 12.1 Å². The Bertz CT molecular complexity index is 615. The first-order valence-corrected chi connectivity index (χ1v) is 8.41. The summed E-state index contributed by atoms with van der Waals surface area (Å²) in [4.78, 5) is 2.17. The molecule has 0 radical (unpaired) electrons. The molecular weight excluding hydrogens is 305 g/mol. The van der Waals surface area contributed by atoms with Gasteiger partial charge in [0.15, 0.2) is 0 Å². The highest BCUT2D eigenvalue weighted by atomic mass is 19.1. The summed E-state index contributed by atoms with van der Waals surface area (Å²) >= 11 is 0. The molecule has 0 heterocycles. The zero-order chi connectivity index (χ0) is 17.4. The minimum atomic E-state index is -0.573. The highest BCUT2D eigenvalue weighted by Crippen LogP contribution is 2.16. The lowest BCUT2D eigenvalue weighted by molar-refractivity contribution is 0.0653. The monoisotopic (exact) mass is 331 g/mol. The van der Waals surface area contributed by atoms with E-state index in [-0.39, 0.29) is 12.4 Å². The molecule has 0 amide bonds. The molecule has 0 saturated heterocycles. The fraction of sp³-hybridized carbons (Fsp3) is 0.400. The van der Waals surface area contributed by atoms with E-state index < -0.39 is 6.10 Å². The van der Waals surface area contributed by atoms with Gasteiger partial charge in [0.25, 0.3) is 0 Å². The van der Waals surface area contributed by atoms with E-state index in [4.69, 9.17) is 4.74 Å². The Hall–Kier alpha value is -1.91. The molecule has 0 fully saturated rings. The van der Waals surface area contributed by atoms with E-state index in [1.807, 2.05) is 31.2 Å². The molecule has 0 aromatic heterocycles. The smallest absolute Gasteiger partial charge is 0.123 e. The predicted octanol–water partition coefficient (Wildman–Crippen LogP) is 3.79. The van der Waals surface area contributed by atoms with Crippen LogP contribution in [0.5, 0.6) is 5.75 Å². The van der Waals surface area contributed by atoms with Crippen LogP contribution in [0.1, 0.15) is 24.5 Å². The summed E-state index contributed by atoms with van der Waals surface area (Å²) in [6, 6.07) is 14.3. The van der Waals surface area contributed by atoms with Crippen LogP contribution in [0.25, 0.3) is 0 Å². The van der Waals surface area contributed by atoms with Crippen LogP contribution in [-0.4, -0.2) is 35.8 Å². The number of benzene rings is 2. The van der Waals surface area contributed by atoms with Crippen molar-refractivity contribution >= 4 is 0 Å². The van der Waals surface area contributed by atoms with Crippen LogP contribution in [0.4, 0.5) is 4.39 Å². The first-order chi connectivity index (χ1) is 11.6. The van der Waals surface area contributed by atoms with Crippen molar-refractivity contribution in [3.8, 4) is 5.75 Å². The molecule has 0 aliphatic rings. The van der Waals surface area contributed by atoms with Crippen molar-refractivity contribution in [1.29, 1.82) is 0 Å². The van der Waals surface area contributed by atoms with Crippen molar-refractivity contribution in [2.24, 2.45) is 0 Å².